The standard InChI is InChI=1S/C13H10BrFIN/c14-10-6-3-5-9(12(10)15)13(17)8-4-1-2-7-11(8)16/h1-7,13H,17H2. The van der Waals surface area contributed by atoms with Crippen molar-refractivity contribution in [2.75, 3.05) is 0 Å². The molecule has 0 bridgehead atoms. The predicted octanol–water partition coefficient (Wildman–Crippen LogP) is 4.24. The molecule has 2 aromatic rings. The Morgan fingerprint density at radius 3 is 2.41 bits per heavy atom. The molecule has 0 spiro atoms. The van der Waals surface area contributed by atoms with Crippen molar-refractivity contribution in [3.8, 4) is 0 Å². The highest BCUT2D eigenvalue weighted by molar-refractivity contribution is 14.1. The van der Waals surface area contributed by atoms with E-state index >= 15 is 0 Å². The van der Waals surface area contributed by atoms with Crippen LogP contribution in [0.15, 0.2) is 46.9 Å². The lowest BCUT2D eigenvalue weighted by Crippen LogP contribution is -2.15. The van der Waals surface area contributed by atoms with E-state index in [2.05, 4.69) is 38.5 Å². The summed E-state index contributed by atoms with van der Waals surface area (Å²) in [4.78, 5) is 0. The van der Waals surface area contributed by atoms with Gasteiger partial charge in [0, 0.05) is 9.13 Å². The van der Waals surface area contributed by atoms with Crippen molar-refractivity contribution >= 4 is 38.5 Å². The van der Waals surface area contributed by atoms with E-state index in [-0.39, 0.29) is 5.82 Å². The zero-order chi connectivity index (χ0) is 12.4. The minimum atomic E-state index is -0.444. The van der Waals surface area contributed by atoms with Gasteiger partial charge in [0.15, 0.2) is 0 Å². The normalized spacial score (nSPS) is 12.5. The molecule has 2 N–H and O–H groups in total. The van der Waals surface area contributed by atoms with Crippen molar-refractivity contribution in [1.29, 1.82) is 0 Å². The second kappa shape index (κ2) is 5.46. The highest BCUT2D eigenvalue weighted by atomic mass is 127. The lowest BCUT2D eigenvalue weighted by atomic mass is 9.99. The van der Waals surface area contributed by atoms with E-state index < -0.39 is 6.04 Å². The van der Waals surface area contributed by atoms with Gasteiger partial charge < -0.3 is 5.73 Å². The fourth-order valence-electron chi connectivity index (χ4n) is 1.66. The first-order valence-electron chi connectivity index (χ1n) is 5.05. The van der Waals surface area contributed by atoms with Gasteiger partial charge in [-0.3, -0.25) is 0 Å². The number of hydrogen-bond acceptors (Lipinski definition) is 1. The van der Waals surface area contributed by atoms with Crippen molar-refractivity contribution in [3.63, 3.8) is 0 Å². The van der Waals surface area contributed by atoms with Gasteiger partial charge >= 0.3 is 0 Å². The molecule has 0 aromatic heterocycles. The molecule has 0 aliphatic carbocycles. The lowest BCUT2D eigenvalue weighted by Gasteiger charge is -2.15. The summed E-state index contributed by atoms with van der Waals surface area (Å²) in [6.07, 6.45) is 0. The van der Waals surface area contributed by atoms with E-state index in [9.17, 15) is 4.39 Å². The SMILES string of the molecule is NC(c1ccccc1I)c1cccc(Br)c1F. The van der Waals surface area contributed by atoms with E-state index in [0.29, 0.717) is 10.0 Å². The quantitative estimate of drug-likeness (QED) is 0.743. The summed E-state index contributed by atoms with van der Waals surface area (Å²) in [5.41, 5.74) is 7.56. The smallest absolute Gasteiger partial charge is 0.142 e. The van der Waals surface area contributed by atoms with Crippen molar-refractivity contribution < 1.29 is 4.39 Å². The number of hydrogen-bond donors (Lipinski definition) is 1. The van der Waals surface area contributed by atoms with E-state index in [1.165, 1.54) is 0 Å². The molecule has 0 aliphatic heterocycles. The van der Waals surface area contributed by atoms with Gasteiger partial charge in [-0.1, -0.05) is 30.3 Å². The molecule has 1 nitrogen and oxygen atoms in total. The van der Waals surface area contributed by atoms with Crippen molar-refractivity contribution in [2.45, 2.75) is 6.04 Å². The molecule has 0 saturated carbocycles. The van der Waals surface area contributed by atoms with Crippen LogP contribution in [0.5, 0.6) is 0 Å². The van der Waals surface area contributed by atoms with Crippen molar-refractivity contribution in [2.24, 2.45) is 5.73 Å². The number of nitrogens with two attached hydrogens (primary N) is 1. The topological polar surface area (TPSA) is 26.0 Å². The van der Waals surface area contributed by atoms with Crippen LogP contribution in [0.4, 0.5) is 4.39 Å². The molecule has 1 atom stereocenters. The van der Waals surface area contributed by atoms with Crippen LogP contribution in [-0.4, -0.2) is 0 Å². The maximum atomic E-state index is 13.9. The molecule has 0 amide bonds. The first kappa shape index (κ1) is 13.0. The molecule has 0 aliphatic rings. The molecule has 0 fully saturated rings. The van der Waals surface area contributed by atoms with Gasteiger partial charge in [0.2, 0.25) is 0 Å². The summed E-state index contributed by atoms with van der Waals surface area (Å²) in [7, 11) is 0. The van der Waals surface area contributed by atoms with Crippen molar-refractivity contribution in [3.05, 3.63) is 67.5 Å². The average Bonchev–Trinajstić information content (AvgIpc) is 2.32. The molecule has 0 radical (unpaired) electrons. The maximum absolute atomic E-state index is 13.9. The van der Waals surface area contributed by atoms with Crippen LogP contribution in [-0.2, 0) is 0 Å². The fraction of sp³-hybridized carbons (Fsp3) is 0.0769. The third kappa shape index (κ3) is 2.69. The Hall–Kier alpha value is -0.460. The molecular formula is C13H10BrFIN. The Balaban J connectivity index is 2.48. The van der Waals surface area contributed by atoms with E-state index in [4.69, 9.17) is 5.73 Å². The third-order valence-corrected chi connectivity index (χ3v) is 4.15. The minimum absolute atomic E-state index is 0.292. The van der Waals surface area contributed by atoms with E-state index in [0.717, 1.165) is 9.13 Å². The molecule has 1 unspecified atom stereocenters. The van der Waals surface area contributed by atoms with E-state index in [1.807, 2.05) is 24.3 Å². The first-order valence-corrected chi connectivity index (χ1v) is 6.92. The maximum Gasteiger partial charge on any atom is 0.142 e. The Labute approximate surface area is 121 Å². The second-order valence-corrected chi connectivity index (χ2v) is 5.66. The summed E-state index contributed by atoms with van der Waals surface area (Å²) in [6.45, 7) is 0. The second-order valence-electron chi connectivity index (χ2n) is 3.64. The van der Waals surface area contributed by atoms with Crippen LogP contribution in [0.1, 0.15) is 17.2 Å². The molecule has 4 heteroatoms. The van der Waals surface area contributed by atoms with Gasteiger partial charge in [-0.05, 0) is 56.2 Å². The molecule has 0 saturated heterocycles. The van der Waals surface area contributed by atoms with Crippen molar-refractivity contribution in [1.82, 2.24) is 0 Å². The summed E-state index contributed by atoms with van der Waals surface area (Å²) in [5.74, 6) is -0.292. The zero-order valence-electron chi connectivity index (χ0n) is 8.83. The molecule has 2 rings (SSSR count). The molecule has 17 heavy (non-hydrogen) atoms. The van der Waals surface area contributed by atoms with Crippen LogP contribution < -0.4 is 5.73 Å². The van der Waals surface area contributed by atoms with Gasteiger partial charge in [-0.2, -0.15) is 0 Å². The van der Waals surface area contributed by atoms with Gasteiger partial charge in [0.25, 0.3) is 0 Å². The number of halogens is 3. The fourth-order valence-corrected chi connectivity index (χ4v) is 2.76. The average molecular weight is 406 g/mol. The first-order chi connectivity index (χ1) is 8.11. The number of benzene rings is 2. The van der Waals surface area contributed by atoms with Crippen LogP contribution in [0.3, 0.4) is 0 Å². The summed E-state index contributed by atoms with van der Waals surface area (Å²) < 4.78 is 15.4. The summed E-state index contributed by atoms with van der Waals surface area (Å²) in [5, 5.41) is 0. The molecule has 88 valence electrons. The molecule has 2 aromatic carbocycles. The predicted molar refractivity (Wildman–Crippen MR) is 79.3 cm³/mol. The highest BCUT2D eigenvalue weighted by Gasteiger charge is 2.16. The lowest BCUT2D eigenvalue weighted by molar-refractivity contribution is 0.593. The van der Waals surface area contributed by atoms with Crippen LogP contribution in [0.2, 0.25) is 0 Å². The van der Waals surface area contributed by atoms with Gasteiger partial charge in [-0.15, -0.1) is 0 Å². The monoisotopic (exact) mass is 405 g/mol. The largest absolute Gasteiger partial charge is 0.320 e. The zero-order valence-corrected chi connectivity index (χ0v) is 12.6. The highest BCUT2D eigenvalue weighted by Crippen LogP contribution is 2.28. The summed E-state index contributed by atoms with van der Waals surface area (Å²) >= 11 is 5.38. The van der Waals surface area contributed by atoms with Gasteiger partial charge in [0.05, 0.1) is 10.5 Å². The van der Waals surface area contributed by atoms with E-state index in [1.54, 1.807) is 18.2 Å². The third-order valence-electron chi connectivity index (χ3n) is 2.56. The Morgan fingerprint density at radius 2 is 1.71 bits per heavy atom. The Bertz CT molecular complexity index is 545. The van der Waals surface area contributed by atoms with Crippen LogP contribution >= 0.6 is 38.5 Å². The number of rotatable bonds is 2. The van der Waals surface area contributed by atoms with Gasteiger partial charge in [0.1, 0.15) is 5.82 Å². The minimum Gasteiger partial charge on any atom is -0.320 e. The van der Waals surface area contributed by atoms with Crippen LogP contribution in [0, 0.1) is 9.39 Å². The molecule has 0 heterocycles. The summed E-state index contributed by atoms with van der Waals surface area (Å²) in [6, 6.07) is 12.5. The Kier molecular flexibility index (Phi) is 4.17. The Morgan fingerprint density at radius 1 is 1.06 bits per heavy atom. The van der Waals surface area contributed by atoms with Gasteiger partial charge in [-0.25, -0.2) is 4.39 Å². The molecular weight excluding hydrogens is 396 g/mol. The van der Waals surface area contributed by atoms with Crippen LogP contribution in [0.25, 0.3) is 0 Å².